The number of methoxy groups -OCH3 is 1. The molecule has 0 bridgehead atoms. The van der Waals surface area contributed by atoms with Crippen molar-refractivity contribution in [3.05, 3.63) is 29.3 Å². The number of carbonyl (C=O) groups excluding carboxylic acids is 1. The Balaban J connectivity index is 2.22. The highest BCUT2D eigenvalue weighted by atomic mass is 16.5. The van der Waals surface area contributed by atoms with E-state index in [1.54, 1.807) is 0 Å². The van der Waals surface area contributed by atoms with E-state index in [4.69, 9.17) is 9.47 Å². The second-order valence-corrected chi connectivity index (χ2v) is 4.95. The molecule has 0 saturated heterocycles. The first kappa shape index (κ1) is 13.9. The van der Waals surface area contributed by atoms with Gasteiger partial charge in [0, 0.05) is 11.6 Å². The van der Waals surface area contributed by atoms with Gasteiger partial charge in [-0.2, -0.15) is 0 Å². The summed E-state index contributed by atoms with van der Waals surface area (Å²) in [5.41, 5.74) is 2.27. The topological polar surface area (TPSA) is 47.6 Å². The van der Waals surface area contributed by atoms with Crippen molar-refractivity contribution >= 4 is 5.97 Å². The summed E-state index contributed by atoms with van der Waals surface area (Å²) in [4.78, 5) is 11.5. The second kappa shape index (κ2) is 6.06. The predicted octanol–water partition coefficient (Wildman–Crippen LogP) is 2.36. The molecule has 19 heavy (non-hydrogen) atoms. The molecule has 0 amide bonds. The number of para-hydroxylation sites is 1. The number of fused-ring (bicyclic) bond motifs is 1. The SMILES string of the molecule is COC(=O)C(C)NC1CCCOc2c(C)cccc21. The standard InChI is InChI=1S/C15H21NO3/c1-10-6-4-7-12-13(8-5-9-19-14(10)12)16-11(2)15(17)18-3/h4,6-7,11,13,16H,5,8-9H2,1-3H3. The highest BCUT2D eigenvalue weighted by Crippen LogP contribution is 2.34. The van der Waals surface area contributed by atoms with Crippen LogP contribution in [0.25, 0.3) is 0 Å². The van der Waals surface area contributed by atoms with Gasteiger partial charge in [-0.3, -0.25) is 10.1 Å². The van der Waals surface area contributed by atoms with Crippen molar-refractivity contribution in [2.75, 3.05) is 13.7 Å². The van der Waals surface area contributed by atoms with Crippen LogP contribution in [-0.2, 0) is 9.53 Å². The molecule has 2 unspecified atom stereocenters. The van der Waals surface area contributed by atoms with Gasteiger partial charge in [-0.05, 0) is 32.3 Å². The minimum absolute atomic E-state index is 0.131. The Morgan fingerprint density at radius 1 is 1.53 bits per heavy atom. The number of ether oxygens (including phenoxy) is 2. The van der Waals surface area contributed by atoms with Gasteiger partial charge in [0.2, 0.25) is 0 Å². The number of aryl methyl sites for hydroxylation is 1. The smallest absolute Gasteiger partial charge is 0.322 e. The molecule has 0 aliphatic carbocycles. The summed E-state index contributed by atoms with van der Waals surface area (Å²) in [5, 5.41) is 3.34. The summed E-state index contributed by atoms with van der Waals surface area (Å²) in [7, 11) is 1.41. The zero-order valence-electron chi connectivity index (χ0n) is 11.7. The van der Waals surface area contributed by atoms with Gasteiger partial charge < -0.3 is 9.47 Å². The van der Waals surface area contributed by atoms with Crippen LogP contribution in [0.2, 0.25) is 0 Å². The molecule has 1 aromatic rings. The Morgan fingerprint density at radius 3 is 3.05 bits per heavy atom. The monoisotopic (exact) mass is 263 g/mol. The van der Waals surface area contributed by atoms with E-state index in [9.17, 15) is 4.79 Å². The molecule has 104 valence electrons. The van der Waals surface area contributed by atoms with Crippen LogP contribution in [0.3, 0.4) is 0 Å². The van der Waals surface area contributed by atoms with E-state index in [0.717, 1.165) is 36.3 Å². The third kappa shape index (κ3) is 3.07. The first-order chi connectivity index (χ1) is 9.13. The Morgan fingerprint density at radius 2 is 2.32 bits per heavy atom. The van der Waals surface area contributed by atoms with Crippen LogP contribution in [0.1, 0.15) is 36.9 Å². The largest absolute Gasteiger partial charge is 0.493 e. The lowest BCUT2D eigenvalue weighted by atomic mass is 9.99. The van der Waals surface area contributed by atoms with Gasteiger partial charge in [0.15, 0.2) is 0 Å². The van der Waals surface area contributed by atoms with Gasteiger partial charge in [-0.1, -0.05) is 18.2 Å². The quantitative estimate of drug-likeness (QED) is 0.850. The average molecular weight is 263 g/mol. The van der Waals surface area contributed by atoms with Crippen molar-refractivity contribution < 1.29 is 14.3 Å². The molecule has 1 aliphatic heterocycles. The number of hydrogen-bond acceptors (Lipinski definition) is 4. The maximum absolute atomic E-state index is 11.5. The van der Waals surface area contributed by atoms with E-state index in [2.05, 4.69) is 11.4 Å². The molecule has 0 spiro atoms. The molecular formula is C15H21NO3. The molecule has 1 N–H and O–H groups in total. The van der Waals surface area contributed by atoms with Crippen molar-refractivity contribution in [1.82, 2.24) is 5.32 Å². The van der Waals surface area contributed by atoms with E-state index < -0.39 is 0 Å². The first-order valence-corrected chi connectivity index (χ1v) is 6.69. The minimum Gasteiger partial charge on any atom is -0.493 e. The number of hydrogen-bond donors (Lipinski definition) is 1. The molecule has 0 aromatic heterocycles. The number of benzene rings is 1. The molecule has 0 fully saturated rings. The molecule has 4 nitrogen and oxygen atoms in total. The fourth-order valence-electron chi connectivity index (χ4n) is 2.48. The van der Waals surface area contributed by atoms with E-state index in [1.807, 2.05) is 26.0 Å². The number of rotatable bonds is 3. The number of carbonyl (C=O) groups is 1. The number of nitrogens with one attached hydrogen (secondary N) is 1. The average Bonchev–Trinajstić information content (AvgIpc) is 2.62. The summed E-state index contributed by atoms with van der Waals surface area (Å²) < 4.78 is 10.6. The molecule has 2 rings (SSSR count). The van der Waals surface area contributed by atoms with E-state index in [1.165, 1.54) is 7.11 Å². The molecule has 0 radical (unpaired) electrons. The van der Waals surface area contributed by atoms with Crippen LogP contribution in [0.4, 0.5) is 0 Å². The summed E-state index contributed by atoms with van der Waals surface area (Å²) in [6.45, 7) is 4.60. The highest BCUT2D eigenvalue weighted by Gasteiger charge is 2.24. The lowest BCUT2D eigenvalue weighted by molar-refractivity contribution is -0.142. The zero-order valence-corrected chi connectivity index (χ0v) is 11.7. The van der Waals surface area contributed by atoms with E-state index in [0.29, 0.717) is 0 Å². The van der Waals surface area contributed by atoms with Crippen molar-refractivity contribution in [3.63, 3.8) is 0 Å². The van der Waals surface area contributed by atoms with E-state index in [-0.39, 0.29) is 18.1 Å². The molecule has 1 aromatic carbocycles. The Labute approximate surface area is 114 Å². The van der Waals surface area contributed by atoms with Gasteiger partial charge >= 0.3 is 5.97 Å². The Hall–Kier alpha value is -1.55. The third-order valence-electron chi connectivity index (χ3n) is 3.51. The summed E-state index contributed by atoms with van der Waals surface area (Å²) in [5.74, 6) is 0.717. The van der Waals surface area contributed by atoms with Crippen LogP contribution < -0.4 is 10.1 Å². The fraction of sp³-hybridized carbons (Fsp3) is 0.533. The van der Waals surface area contributed by atoms with Gasteiger partial charge in [-0.25, -0.2) is 0 Å². The molecule has 0 saturated carbocycles. The highest BCUT2D eigenvalue weighted by molar-refractivity contribution is 5.75. The Bertz CT molecular complexity index is 459. The van der Waals surface area contributed by atoms with Crippen LogP contribution in [0.5, 0.6) is 5.75 Å². The zero-order chi connectivity index (χ0) is 13.8. The van der Waals surface area contributed by atoms with Gasteiger partial charge in [0.1, 0.15) is 11.8 Å². The maximum atomic E-state index is 11.5. The lowest BCUT2D eigenvalue weighted by Crippen LogP contribution is -2.37. The van der Waals surface area contributed by atoms with Crippen LogP contribution in [0, 0.1) is 6.92 Å². The normalized spacial score (nSPS) is 19.8. The van der Waals surface area contributed by atoms with Crippen LogP contribution in [0.15, 0.2) is 18.2 Å². The molecule has 1 heterocycles. The van der Waals surface area contributed by atoms with Crippen molar-refractivity contribution in [2.24, 2.45) is 0 Å². The third-order valence-corrected chi connectivity index (χ3v) is 3.51. The van der Waals surface area contributed by atoms with E-state index >= 15 is 0 Å². The summed E-state index contributed by atoms with van der Waals surface area (Å²) >= 11 is 0. The predicted molar refractivity (Wildman–Crippen MR) is 73.3 cm³/mol. The molecular weight excluding hydrogens is 242 g/mol. The van der Waals surface area contributed by atoms with Gasteiger partial charge in [-0.15, -0.1) is 0 Å². The molecule has 4 heteroatoms. The minimum atomic E-state index is -0.318. The lowest BCUT2D eigenvalue weighted by Gasteiger charge is -2.22. The van der Waals surface area contributed by atoms with Crippen molar-refractivity contribution in [2.45, 2.75) is 38.8 Å². The maximum Gasteiger partial charge on any atom is 0.322 e. The van der Waals surface area contributed by atoms with Gasteiger partial charge in [0.05, 0.1) is 13.7 Å². The van der Waals surface area contributed by atoms with Crippen LogP contribution in [-0.4, -0.2) is 25.7 Å². The second-order valence-electron chi connectivity index (χ2n) is 4.95. The van der Waals surface area contributed by atoms with Crippen LogP contribution >= 0.6 is 0 Å². The number of esters is 1. The molecule has 1 aliphatic rings. The van der Waals surface area contributed by atoms with Crippen molar-refractivity contribution in [1.29, 1.82) is 0 Å². The fourth-order valence-corrected chi connectivity index (χ4v) is 2.48. The summed E-state index contributed by atoms with van der Waals surface area (Å²) in [6, 6.07) is 5.95. The Kier molecular flexibility index (Phi) is 4.43. The van der Waals surface area contributed by atoms with Gasteiger partial charge in [0.25, 0.3) is 0 Å². The van der Waals surface area contributed by atoms with Crippen molar-refractivity contribution in [3.8, 4) is 5.75 Å². The first-order valence-electron chi connectivity index (χ1n) is 6.69. The summed E-state index contributed by atoms with van der Waals surface area (Å²) in [6.07, 6.45) is 1.93. The molecule has 2 atom stereocenters.